The lowest BCUT2D eigenvalue weighted by atomic mass is 10.1. The van der Waals surface area contributed by atoms with Gasteiger partial charge in [-0.05, 0) is 18.9 Å². The van der Waals surface area contributed by atoms with E-state index in [1.165, 1.54) is 0 Å². The third kappa shape index (κ3) is 2.85. The van der Waals surface area contributed by atoms with E-state index in [0.717, 1.165) is 0 Å². The van der Waals surface area contributed by atoms with Crippen LogP contribution in [0.1, 0.15) is 24.6 Å². The highest BCUT2D eigenvalue weighted by Crippen LogP contribution is 2.24. The molecule has 1 aromatic heterocycles. The lowest BCUT2D eigenvalue weighted by molar-refractivity contribution is -0.136. The first-order chi connectivity index (χ1) is 7.98. The van der Waals surface area contributed by atoms with Gasteiger partial charge in [0.15, 0.2) is 0 Å². The third-order valence-electron chi connectivity index (χ3n) is 2.95. The maximum Gasteiger partial charge on any atom is 0.309 e. The second kappa shape index (κ2) is 4.48. The fraction of sp³-hybridized carbons (Fsp3) is 0.600. The summed E-state index contributed by atoms with van der Waals surface area (Å²) in [5, 5.41) is 12.9. The van der Waals surface area contributed by atoms with Crippen LogP contribution >= 0.6 is 0 Å². The number of hydrogen-bond acceptors (Lipinski definition) is 4. The molecular formula is C10H14N2O4S. The minimum absolute atomic E-state index is 0.00266. The number of aromatic nitrogens is 2. The number of rotatable bonds is 3. The molecule has 94 valence electrons. The molecule has 1 aliphatic rings. The molecule has 0 amide bonds. The molecule has 1 N–H and O–H groups in total. The molecule has 1 aliphatic heterocycles. The molecule has 1 saturated heterocycles. The van der Waals surface area contributed by atoms with Crippen molar-refractivity contribution in [2.45, 2.75) is 25.3 Å². The quantitative estimate of drug-likeness (QED) is 0.840. The molecule has 1 aromatic rings. The summed E-state index contributed by atoms with van der Waals surface area (Å²) in [6.45, 7) is 0. The second-order valence-corrected chi connectivity index (χ2v) is 6.52. The van der Waals surface area contributed by atoms with E-state index in [4.69, 9.17) is 5.11 Å². The van der Waals surface area contributed by atoms with Crippen LogP contribution in [-0.2, 0) is 21.1 Å². The molecule has 7 heteroatoms. The van der Waals surface area contributed by atoms with Gasteiger partial charge in [0, 0.05) is 11.9 Å². The van der Waals surface area contributed by atoms with Gasteiger partial charge in [0.1, 0.15) is 9.84 Å². The molecule has 6 nitrogen and oxygen atoms in total. The van der Waals surface area contributed by atoms with Gasteiger partial charge in [-0.25, -0.2) is 8.42 Å². The number of carbonyl (C=O) groups is 1. The van der Waals surface area contributed by atoms with Gasteiger partial charge in [0.25, 0.3) is 0 Å². The van der Waals surface area contributed by atoms with Gasteiger partial charge >= 0.3 is 5.97 Å². The van der Waals surface area contributed by atoms with Crippen LogP contribution in [-0.4, -0.2) is 40.8 Å². The smallest absolute Gasteiger partial charge is 0.309 e. The number of nitrogens with zero attached hydrogens (tertiary/aromatic N) is 2. The van der Waals surface area contributed by atoms with Crippen molar-refractivity contribution in [1.82, 2.24) is 9.78 Å². The van der Waals surface area contributed by atoms with Gasteiger partial charge in [-0.1, -0.05) is 0 Å². The summed E-state index contributed by atoms with van der Waals surface area (Å²) in [6.07, 6.45) is 2.50. The summed E-state index contributed by atoms with van der Waals surface area (Å²) < 4.78 is 24.3. The van der Waals surface area contributed by atoms with Crippen molar-refractivity contribution in [3.63, 3.8) is 0 Å². The average molecular weight is 258 g/mol. The van der Waals surface area contributed by atoms with Crippen LogP contribution in [0.15, 0.2) is 12.3 Å². The predicted molar refractivity (Wildman–Crippen MR) is 60.5 cm³/mol. The van der Waals surface area contributed by atoms with Gasteiger partial charge < -0.3 is 5.11 Å². The molecule has 0 spiro atoms. The van der Waals surface area contributed by atoms with Crippen molar-refractivity contribution in [2.75, 3.05) is 11.5 Å². The molecule has 0 aromatic carbocycles. The summed E-state index contributed by atoms with van der Waals surface area (Å²) in [5.74, 6) is -0.594. The van der Waals surface area contributed by atoms with Crippen LogP contribution < -0.4 is 0 Å². The Balaban J connectivity index is 2.13. The number of sulfone groups is 1. The Kier molecular flexibility index (Phi) is 3.19. The molecule has 2 rings (SSSR count). The first kappa shape index (κ1) is 12.1. The van der Waals surface area contributed by atoms with Crippen LogP contribution in [0.2, 0.25) is 0 Å². The number of carboxylic acid groups (broad SMARTS) is 1. The minimum atomic E-state index is -2.90. The second-order valence-electron chi connectivity index (χ2n) is 4.22. The van der Waals surface area contributed by atoms with Crippen LogP contribution in [0, 0.1) is 0 Å². The SMILES string of the molecule is O=C(O)Cc1ccnn1C1CCS(=O)(=O)CC1. The normalized spacial score (nSPS) is 20.2. The lowest BCUT2D eigenvalue weighted by Gasteiger charge is -2.23. The van der Waals surface area contributed by atoms with Crippen molar-refractivity contribution in [1.29, 1.82) is 0 Å². The molecule has 0 bridgehead atoms. The molecule has 1 fully saturated rings. The van der Waals surface area contributed by atoms with E-state index >= 15 is 0 Å². The standard InChI is InChI=1S/C10H14N2O4S/c13-10(14)7-9-1-4-11-12(9)8-2-5-17(15,16)6-3-8/h1,4,8H,2-3,5-7H2,(H,13,14). The van der Waals surface area contributed by atoms with Crippen LogP contribution in [0.5, 0.6) is 0 Å². The zero-order chi connectivity index (χ0) is 12.5. The summed E-state index contributed by atoms with van der Waals surface area (Å²) in [7, 11) is -2.90. The van der Waals surface area contributed by atoms with E-state index in [2.05, 4.69) is 5.10 Å². The van der Waals surface area contributed by atoms with Crippen molar-refractivity contribution in [3.8, 4) is 0 Å². The van der Waals surface area contributed by atoms with Crippen molar-refractivity contribution < 1.29 is 18.3 Å². The Morgan fingerprint density at radius 3 is 2.71 bits per heavy atom. The Labute approximate surface area is 99.2 Å². The maximum atomic E-state index is 11.3. The van der Waals surface area contributed by atoms with Gasteiger partial charge in [-0.2, -0.15) is 5.10 Å². The van der Waals surface area contributed by atoms with Crippen molar-refractivity contribution in [3.05, 3.63) is 18.0 Å². The first-order valence-electron chi connectivity index (χ1n) is 5.42. The molecule has 0 saturated carbocycles. The molecule has 0 radical (unpaired) electrons. The number of carboxylic acids is 1. The molecule has 17 heavy (non-hydrogen) atoms. The average Bonchev–Trinajstić information content (AvgIpc) is 2.65. The van der Waals surface area contributed by atoms with Crippen LogP contribution in [0.4, 0.5) is 0 Å². The van der Waals surface area contributed by atoms with E-state index in [1.807, 2.05) is 0 Å². The first-order valence-corrected chi connectivity index (χ1v) is 7.25. The Hall–Kier alpha value is -1.37. The topological polar surface area (TPSA) is 89.3 Å². The van der Waals surface area contributed by atoms with Crippen LogP contribution in [0.25, 0.3) is 0 Å². The Bertz CT molecular complexity index is 506. The van der Waals surface area contributed by atoms with Gasteiger partial charge in [0.2, 0.25) is 0 Å². The monoisotopic (exact) mass is 258 g/mol. The third-order valence-corrected chi connectivity index (χ3v) is 4.67. The Morgan fingerprint density at radius 2 is 2.12 bits per heavy atom. The van der Waals surface area contributed by atoms with E-state index < -0.39 is 15.8 Å². The highest BCUT2D eigenvalue weighted by molar-refractivity contribution is 7.91. The van der Waals surface area contributed by atoms with Crippen molar-refractivity contribution >= 4 is 15.8 Å². The Morgan fingerprint density at radius 1 is 1.47 bits per heavy atom. The van der Waals surface area contributed by atoms with E-state index in [9.17, 15) is 13.2 Å². The fourth-order valence-corrected chi connectivity index (χ4v) is 3.55. The number of hydrogen-bond donors (Lipinski definition) is 1. The number of aliphatic carboxylic acids is 1. The zero-order valence-corrected chi connectivity index (χ0v) is 10.1. The molecular weight excluding hydrogens is 244 g/mol. The van der Waals surface area contributed by atoms with Gasteiger partial charge in [-0.3, -0.25) is 9.48 Å². The summed E-state index contributed by atoms with van der Waals surface area (Å²) in [5.41, 5.74) is 0.627. The zero-order valence-electron chi connectivity index (χ0n) is 9.24. The highest BCUT2D eigenvalue weighted by Gasteiger charge is 2.26. The molecule has 0 aliphatic carbocycles. The van der Waals surface area contributed by atoms with E-state index in [1.54, 1.807) is 16.9 Å². The lowest BCUT2D eigenvalue weighted by Crippen LogP contribution is -2.27. The summed E-state index contributed by atoms with van der Waals surface area (Å²) in [6, 6.07) is 1.67. The predicted octanol–water partition coefficient (Wildman–Crippen LogP) is 0.260. The van der Waals surface area contributed by atoms with E-state index in [0.29, 0.717) is 18.5 Å². The largest absolute Gasteiger partial charge is 0.481 e. The van der Waals surface area contributed by atoms with Crippen LogP contribution in [0.3, 0.4) is 0 Å². The summed E-state index contributed by atoms with van der Waals surface area (Å²) >= 11 is 0. The van der Waals surface area contributed by atoms with Gasteiger partial charge in [0.05, 0.1) is 24.0 Å². The molecule has 0 atom stereocenters. The minimum Gasteiger partial charge on any atom is -0.481 e. The maximum absolute atomic E-state index is 11.3. The molecule has 0 unspecified atom stereocenters. The summed E-state index contributed by atoms with van der Waals surface area (Å²) in [4.78, 5) is 10.7. The highest BCUT2D eigenvalue weighted by atomic mass is 32.2. The van der Waals surface area contributed by atoms with Gasteiger partial charge in [-0.15, -0.1) is 0 Å². The van der Waals surface area contributed by atoms with E-state index in [-0.39, 0.29) is 24.0 Å². The fourth-order valence-electron chi connectivity index (χ4n) is 2.09. The van der Waals surface area contributed by atoms with Crippen molar-refractivity contribution in [2.24, 2.45) is 0 Å². The molecule has 2 heterocycles.